The molecular formula is C24H24F3N9. The lowest BCUT2D eigenvalue weighted by Crippen LogP contribution is -2.30. The number of nitriles is 1. The molecule has 4 aromatic heterocycles. The summed E-state index contributed by atoms with van der Waals surface area (Å²) in [6, 6.07) is 6.54. The second-order valence-electron chi connectivity index (χ2n) is 8.90. The maximum atomic E-state index is 13.2. The number of fused-ring (bicyclic) bond motifs is 1. The van der Waals surface area contributed by atoms with E-state index in [1.54, 1.807) is 11.3 Å². The Morgan fingerprint density at radius 1 is 1.17 bits per heavy atom. The summed E-state index contributed by atoms with van der Waals surface area (Å²) in [5.41, 5.74) is 2.69. The highest BCUT2D eigenvalue weighted by Crippen LogP contribution is 2.33. The van der Waals surface area contributed by atoms with Gasteiger partial charge in [0.05, 0.1) is 29.5 Å². The Morgan fingerprint density at radius 2 is 1.94 bits per heavy atom. The van der Waals surface area contributed by atoms with Gasteiger partial charge in [-0.2, -0.15) is 18.4 Å². The lowest BCUT2D eigenvalue weighted by Gasteiger charge is -2.23. The molecule has 0 radical (unpaired) electrons. The summed E-state index contributed by atoms with van der Waals surface area (Å²) >= 11 is 0. The number of imidazole rings is 1. The normalized spacial score (nSPS) is 15.7. The predicted octanol–water partition coefficient (Wildman–Crippen LogP) is 4.28. The van der Waals surface area contributed by atoms with Crippen molar-refractivity contribution in [3.05, 3.63) is 59.3 Å². The topological polar surface area (TPSA) is 109 Å². The third-order valence-corrected chi connectivity index (χ3v) is 6.53. The van der Waals surface area contributed by atoms with Gasteiger partial charge in [0.25, 0.3) is 0 Å². The summed E-state index contributed by atoms with van der Waals surface area (Å²) < 4.78 is 43.2. The van der Waals surface area contributed by atoms with Gasteiger partial charge in [-0.25, -0.2) is 9.67 Å². The van der Waals surface area contributed by atoms with Gasteiger partial charge in [-0.15, -0.1) is 5.10 Å². The second-order valence-corrected chi connectivity index (χ2v) is 8.90. The Labute approximate surface area is 205 Å². The van der Waals surface area contributed by atoms with E-state index in [4.69, 9.17) is 0 Å². The van der Waals surface area contributed by atoms with Crippen LogP contribution in [0.5, 0.6) is 0 Å². The molecule has 4 aromatic rings. The SMILES string of the molecule is Cc1c(-c2cc(NC(C)c3cncc(C(F)(F)F)c3)n3c(C#N)cnc3c2)nnn1C1CCNCC1. The molecule has 1 fully saturated rings. The van der Waals surface area contributed by atoms with E-state index in [2.05, 4.69) is 37.0 Å². The number of anilines is 1. The van der Waals surface area contributed by atoms with Gasteiger partial charge in [0, 0.05) is 18.0 Å². The maximum absolute atomic E-state index is 13.2. The zero-order chi connectivity index (χ0) is 25.4. The van der Waals surface area contributed by atoms with Crippen molar-refractivity contribution in [2.24, 2.45) is 0 Å². The van der Waals surface area contributed by atoms with Crippen LogP contribution in [0.4, 0.5) is 19.0 Å². The van der Waals surface area contributed by atoms with Crippen LogP contribution in [0.25, 0.3) is 16.9 Å². The summed E-state index contributed by atoms with van der Waals surface area (Å²) in [7, 11) is 0. The number of aromatic nitrogens is 6. The van der Waals surface area contributed by atoms with Crippen LogP contribution in [-0.4, -0.2) is 42.5 Å². The quantitative estimate of drug-likeness (QED) is 0.425. The Bertz CT molecular complexity index is 1440. The number of piperidine rings is 1. The van der Waals surface area contributed by atoms with E-state index in [0.29, 0.717) is 28.4 Å². The Kier molecular flexibility index (Phi) is 6.09. The van der Waals surface area contributed by atoms with Crippen LogP contribution in [0.1, 0.15) is 54.4 Å². The Morgan fingerprint density at radius 3 is 2.67 bits per heavy atom. The van der Waals surface area contributed by atoms with Crippen molar-refractivity contribution < 1.29 is 13.2 Å². The van der Waals surface area contributed by atoms with Crippen LogP contribution < -0.4 is 10.6 Å². The molecule has 0 saturated carbocycles. The first-order valence-electron chi connectivity index (χ1n) is 11.6. The molecule has 186 valence electrons. The summed E-state index contributed by atoms with van der Waals surface area (Å²) in [6.07, 6.45) is 1.08. The predicted molar refractivity (Wildman–Crippen MR) is 126 cm³/mol. The molecule has 1 saturated heterocycles. The van der Waals surface area contributed by atoms with Crippen molar-refractivity contribution in [1.29, 1.82) is 5.26 Å². The van der Waals surface area contributed by atoms with Gasteiger partial charge in [-0.3, -0.25) is 9.38 Å². The average molecular weight is 496 g/mol. The minimum absolute atomic E-state index is 0.263. The fourth-order valence-corrected chi connectivity index (χ4v) is 4.60. The minimum Gasteiger partial charge on any atom is -0.365 e. The van der Waals surface area contributed by atoms with Crippen LogP contribution in [0.3, 0.4) is 0 Å². The van der Waals surface area contributed by atoms with Crippen molar-refractivity contribution >= 4 is 11.5 Å². The molecule has 0 spiro atoms. The zero-order valence-corrected chi connectivity index (χ0v) is 19.7. The van der Waals surface area contributed by atoms with E-state index < -0.39 is 17.8 Å². The van der Waals surface area contributed by atoms with Gasteiger partial charge < -0.3 is 10.6 Å². The van der Waals surface area contributed by atoms with Crippen molar-refractivity contribution in [3.8, 4) is 17.3 Å². The number of pyridine rings is 2. The van der Waals surface area contributed by atoms with Crippen molar-refractivity contribution in [2.45, 2.75) is 44.9 Å². The van der Waals surface area contributed by atoms with Crippen molar-refractivity contribution in [2.75, 3.05) is 18.4 Å². The van der Waals surface area contributed by atoms with E-state index in [0.717, 1.165) is 49.5 Å². The fourth-order valence-electron chi connectivity index (χ4n) is 4.60. The van der Waals surface area contributed by atoms with E-state index in [1.165, 1.54) is 12.4 Å². The molecule has 1 unspecified atom stereocenters. The summed E-state index contributed by atoms with van der Waals surface area (Å²) in [6.45, 7) is 5.55. The molecule has 0 aromatic carbocycles. The maximum Gasteiger partial charge on any atom is 0.417 e. The Hall–Kier alpha value is -3.98. The number of rotatable bonds is 5. The van der Waals surface area contributed by atoms with Gasteiger partial charge in [0.1, 0.15) is 28.9 Å². The second kappa shape index (κ2) is 9.23. The smallest absolute Gasteiger partial charge is 0.365 e. The van der Waals surface area contributed by atoms with Gasteiger partial charge in [0.15, 0.2) is 0 Å². The Balaban J connectivity index is 1.54. The first kappa shape index (κ1) is 23.7. The molecule has 36 heavy (non-hydrogen) atoms. The number of nitrogens with one attached hydrogen (secondary N) is 2. The van der Waals surface area contributed by atoms with Crippen LogP contribution in [0, 0.1) is 18.3 Å². The van der Waals surface area contributed by atoms with Crippen LogP contribution >= 0.6 is 0 Å². The van der Waals surface area contributed by atoms with Crippen LogP contribution in [-0.2, 0) is 6.18 Å². The van der Waals surface area contributed by atoms with E-state index in [1.807, 2.05) is 23.7 Å². The highest BCUT2D eigenvalue weighted by Gasteiger charge is 2.31. The van der Waals surface area contributed by atoms with E-state index >= 15 is 0 Å². The monoisotopic (exact) mass is 495 g/mol. The number of alkyl halides is 3. The van der Waals surface area contributed by atoms with E-state index in [9.17, 15) is 18.4 Å². The lowest BCUT2D eigenvalue weighted by molar-refractivity contribution is -0.137. The third-order valence-electron chi connectivity index (χ3n) is 6.53. The van der Waals surface area contributed by atoms with Gasteiger partial charge in [0.2, 0.25) is 0 Å². The van der Waals surface area contributed by atoms with Gasteiger partial charge in [-0.05, 0) is 63.5 Å². The molecule has 2 N–H and O–H groups in total. The molecule has 1 aliphatic rings. The first-order chi connectivity index (χ1) is 17.3. The highest BCUT2D eigenvalue weighted by molar-refractivity contribution is 5.71. The molecule has 1 aliphatic heterocycles. The number of hydrogen-bond acceptors (Lipinski definition) is 7. The molecule has 0 amide bonds. The third kappa shape index (κ3) is 4.37. The minimum atomic E-state index is -4.49. The summed E-state index contributed by atoms with van der Waals surface area (Å²) in [5.74, 6) is 0.497. The number of nitrogens with zero attached hydrogens (tertiary/aromatic N) is 7. The molecule has 9 nitrogen and oxygen atoms in total. The molecule has 5 rings (SSSR count). The summed E-state index contributed by atoms with van der Waals surface area (Å²) in [5, 5.41) is 25.0. The first-order valence-corrected chi connectivity index (χ1v) is 11.6. The number of hydrogen-bond donors (Lipinski definition) is 2. The largest absolute Gasteiger partial charge is 0.417 e. The zero-order valence-electron chi connectivity index (χ0n) is 19.7. The molecule has 12 heteroatoms. The van der Waals surface area contributed by atoms with Crippen molar-refractivity contribution in [1.82, 2.24) is 34.7 Å². The standard InChI is InChI=1S/C24H24F3N9/c1-14(17-7-18(12-30-11-17)24(25,26)27)32-22-9-16(8-21-31-13-20(10-28)35(21)22)23-15(2)36(34-33-23)19-3-5-29-6-4-19/h7-9,11-14,19,29,32H,3-6H2,1-2H3. The lowest BCUT2D eigenvalue weighted by atomic mass is 10.1. The van der Waals surface area contributed by atoms with Crippen LogP contribution in [0.15, 0.2) is 36.8 Å². The van der Waals surface area contributed by atoms with Crippen LogP contribution in [0.2, 0.25) is 0 Å². The highest BCUT2D eigenvalue weighted by atomic mass is 19.4. The molecular weight excluding hydrogens is 471 g/mol. The van der Waals surface area contributed by atoms with Gasteiger partial charge >= 0.3 is 6.18 Å². The average Bonchev–Trinajstić information content (AvgIpc) is 3.47. The molecule has 5 heterocycles. The van der Waals surface area contributed by atoms with Crippen molar-refractivity contribution in [3.63, 3.8) is 0 Å². The summed E-state index contributed by atoms with van der Waals surface area (Å²) in [4.78, 5) is 8.13. The molecule has 0 aliphatic carbocycles. The molecule has 1 atom stereocenters. The van der Waals surface area contributed by atoms with E-state index in [-0.39, 0.29) is 6.04 Å². The fraction of sp³-hybridized carbons (Fsp3) is 0.375. The number of halogens is 3. The van der Waals surface area contributed by atoms with Gasteiger partial charge in [-0.1, -0.05) is 5.21 Å². The molecule has 0 bridgehead atoms.